The van der Waals surface area contributed by atoms with E-state index in [1.165, 1.54) is 0 Å². The van der Waals surface area contributed by atoms with Crippen LogP contribution in [0.5, 0.6) is 0 Å². The van der Waals surface area contributed by atoms with Gasteiger partial charge in [0.25, 0.3) is 0 Å². The van der Waals surface area contributed by atoms with Crippen molar-refractivity contribution in [1.29, 1.82) is 0 Å². The van der Waals surface area contributed by atoms with Crippen LogP contribution in [-0.2, 0) is 0 Å². The summed E-state index contributed by atoms with van der Waals surface area (Å²) in [7, 11) is 0. The first-order valence-electron chi connectivity index (χ1n) is 5.92. The molecular formula is C12H16F2N2O3. The molecule has 0 aliphatic rings. The Balaban J connectivity index is 3.04. The zero-order valence-corrected chi connectivity index (χ0v) is 10.7. The lowest BCUT2D eigenvalue weighted by Crippen LogP contribution is -2.35. The number of benzene rings is 1. The predicted octanol–water partition coefficient (Wildman–Crippen LogP) is 2.84. The Morgan fingerprint density at radius 1 is 1.37 bits per heavy atom. The van der Waals surface area contributed by atoms with Crippen LogP contribution in [0.15, 0.2) is 12.1 Å². The number of nitro groups is 1. The lowest BCUT2D eigenvalue weighted by molar-refractivity contribution is -0.386. The van der Waals surface area contributed by atoms with Crippen LogP contribution >= 0.6 is 0 Å². The van der Waals surface area contributed by atoms with Crippen molar-refractivity contribution in [2.24, 2.45) is 0 Å². The maximum Gasteiger partial charge on any atom is 0.327 e. The Labute approximate surface area is 109 Å². The first-order valence-corrected chi connectivity index (χ1v) is 5.92. The average Bonchev–Trinajstić information content (AvgIpc) is 2.34. The third-order valence-electron chi connectivity index (χ3n) is 3.13. The molecule has 0 unspecified atom stereocenters. The molecule has 106 valence electrons. The van der Waals surface area contributed by atoms with E-state index >= 15 is 0 Å². The summed E-state index contributed by atoms with van der Waals surface area (Å²) in [6, 6.07) is 1.29. The Hall–Kier alpha value is -1.76. The van der Waals surface area contributed by atoms with Crippen LogP contribution in [0.3, 0.4) is 0 Å². The zero-order chi connectivity index (χ0) is 14.6. The van der Waals surface area contributed by atoms with Crippen LogP contribution in [-0.4, -0.2) is 22.2 Å². The maximum absolute atomic E-state index is 13.4. The molecule has 19 heavy (non-hydrogen) atoms. The molecule has 0 amide bonds. The molecule has 1 aromatic rings. The summed E-state index contributed by atoms with van der Waals surface area (Å²) >= 11 is 0. The van der Waals surface area contributed by atoms with Crippen molar-refractivity contribution in [3.05, 3.63) is 33.9 Å². The van der Waals surface area contributed by atoms with E-state index in [1.54, 1.807) is 13.8 Å². The van der Waals surface area contributed by atoms with Crippen molar-refractivity contribution in [1.82, 2.24) is 0 Å². The van der Waals surface area contributed by atoms with E-state index < -0.39 is 27.8 Å². The van der Waals surface area contributed by atoms with Crippen LogP contribution < -0.4 is 5.32 Å². The largest absolute Gasteiger partial charge is 0.388 e. The third kappa shape index (κ3) is 3.60. The van der Waals surface area contributed by atoms with Crippen molar-refractivity contribution >= 4 is 11.4 Å². The second kappa shape index (κ2) is 5.92. The lowest BCUT2D eigenvalue weighted by Gasteiger charge is -2.25. The topological polar surface area (TPSA) is 75.4 Å². The van der Waals surface area contributed by atoms with Gasteiger partial charge in [-0.2, -0.15) is 4.39 Å². The van der Waals surface area contributed by atoms with Gasteiger partial charge in [-0.05, 0) is 12.8 Å². The van der Waals surface area contributed by atoms with Crippen molar-refractivity contribution < 1.29 is 18.8 Å². The fraction of sp³-hybridized carbons (Fsp3) is 0.500. The fourth-order valence-corrected chi connectivity index (χ4v) is 1.65. The second-order valence-electron chi connectivity index (χ2n) is 4.33. The number of hydrogen-bond acceptors (Lipinski definition) is 4. The van der Waals surface area contributed by atoms with Crippen molar-refractivity contribution in [3.63, 3.8) is 0 Å². The van der Waals surface area contributed by atoms with Gasteiger partial charge in [-0.15, -0.1) is 0 Å². The highest BCUT2D eigenvalue weighted by Gasteiger charge is 2.26. The Bertz CT molecular complexity index is 476. The van der Waals surface area contributed by atoms with Crippen LogP contribution in [0.1, 0.15) is 26.7 Å². The summed E-state index contributed by atoms with van der Waals surface area (Å²) < 4.78 is 26.5. The van der Waals surface area contributed by atoms with Crippen LogP contribution in [0.25, 0.3) is 0 Å². The fourth-order valence-electron chi connectivity index (χ4n) is 1.65. The maximum atomic E-state index is 13.4. The normalized spacial score (nSPS) is 11.4. The predicted molar refractivity (Wildman–Crippen MR) is 67.0 cm³/mol. The Morgan fingerprint density at radius 2 is 1.95 bits per heavy atom. The molecular weight excluding hydrogens is 258 g/mol. The Morgan fingerprint density at radius 3 is 2.42 bits per heavy atom. The number of halogens is 2. The standard InChI is InChI=1S/C12H16F2N2O3/c1-3-12(17,4-2)7-15-10-6-8(13)5-9(14)11(10)16(18)19/h5-6,15,17H,3-4,7H2,1-2H3. The van der Waals surface area contributed by atoms with Gasteiger partial charge in [-0.3, -0.25) is 10.1 Å². The molecule has 2 N–H and O–H groups in total. The van der Waals surface area contributed by atoms with Gasteiger partial charge in [0.15, 0.2) is 0 Å². The van der Waals surface area contributed by atoms with E-state index in [4.69, 9.17) is 0 Å². The van der Waals surface area contributed by atoms with Gasteiger partial charge in [0.05, 0.1) is 10.5 Å². The monoisotopic (exact) mass is 274 g/mol. The Kier molecular flexibility index (Phi) is 4.77. The second-order valence-corrected chi connectivity index (χ2v) is 4.33. The van der Waals surface area contributed by atoms with E-state index in [1.807, 2.05) is 0 Å². The summed E-state index contributed by atoms with van der Waals surface area (Å²) in [5.74, 6) is -2.16. The van der Waals surface area contributed by atoms with E-state index in [2.05, 4.69) is 5.32 Å². The van der Waals surface area contributed by atoms with Gasteiger partial charge in [0.1, 0.15) is 11.5 Å². The molecule has 0 heterocycles. The van der Waals surface area contributed by atoms with Crippen molar-refractivity contribution in [2.75, 3.05) is 11.9 Å². The molecule has 0 radical (unpaired) electrons. The summed E-state index contributed by atoms with van der Waals surface area (Å²) in [5.41, 5.74) is -2.17. The molecule has 0 saturated heterocycles. The SMILES string of the molecule is CCC(O)(CC)CNc1cc(F)cc(F)c1[N+](=O)[O-]. The van der Waals surface area contributed by atoms with Gasteiger partial charge in [0, 0.05) is 18.7 Å². The van der Waals surface area contributed by atoms with Gasteiger partial charge >= 0.3 is 5.69 Å². The summed E-state index contributed by atoms with van der Waals surface area (Å²) in [6.45, 7) is 3.49. The molecule has 0 aromatic heterocycles. The molecule has 1 rings (SSSR count). The van der Waals surface area contributed by atoms with E-state index in [0.717, 1.165) is 6.07 Å². The van der Waals surface area contributed by atoms with Crippen LogP contribution in [0.4, 0.5) is 20.2 Å². The number of anilines is 1. The number of nitrogens with one attached hydrogen (secondary N) is 1. The highest BCUT2D eigenvalue weighted by molar-refractivity contribution is 5.62. The summed E-state index contributed by atoms with van der Waals surface area (Å²) in [5, 5.41) is 23.3. The van der Waals surface area contributed by atoms with E-state index in [-0.39, 0.29) is 12.2 Å². The molecule has 0 aliphatic carbocycles. The summed E-state index contributed by atoms with van der Waals surface area (Å²) in [6.07, 6.45) is 0.837. The number of aliphatic hydroxyl groups is 1. The van der Waals surface area contributed by atoms with Crippen molar-refractivity contribution in [2.45, 2.75) is 32.3 Å². The molecule has 0 bridgehead atoms. The molecule has 1 aromatic carbocycles. The van der Waals surface area contributed by atoms with Gasteiger partial charge in [-0.1, -0.05) is 13.8 Å². The number of nitrogens with zero attached hydrogens (tertiary/aromatic N) is 1. The van der Waals surface area contributed by atoms with Gasteiger partial charge in [0.2, 0.25) is 5.82 Å². The minimum Gasteiger partial charge on any atom is -0.388 e. The number of nitro benzene ring substituents is 1. The van der Waals surface area contributed by atoms with E-state index in [9.17, 15) is 24.0 Å². The third-order valence-corrected chi connectivity index (χ3v) is 3.13. The molecule has 0 spiro atoms. The zero-order valence-electron chi connectivity index (χ0n) is 10.7. The first-order chi connectivity index (χ1) is 8.83. The molecule has 0 atom stereocenters. The molecule has 5 nitrogen and oxygen atoms in total. The number of hydrogen-bond donors (Lipinski definition) is 2. The smallest absolute Gasteiger partial charge is 0.327 e. The highest BCUT2D eigenvalue weighted by atomic mass is 19.1. The van der Waals surface area contributed by atoms with Crippen LogP contribution in [0.2, 0.25) is 0 Å². The minimum absolute atomic E-state index is 0.0241. The van der Waals surface area contributed by atoms with Gasteiger partial charge < -0.3 is 10.4 Å². The van der Waals surface area contributed by atoms with Crippen LogP contribution in [0, 0.1) is 21.7 Å². The van der Waals surface area contributed by atoms with E-state index in [0.29, 0.717) is 18.9 Å². The van der Waals surface area contributed by atoms with Crippen molar-refractivity contribution in [3.8, 4) is 0 Å². The number of rotatable bonds is 6. The van der Waals surface area contributed by atoms with Gasteiger partial charge in [-0.25, -0.2) is 4.39 Å². The molecule has 7 heteroatoms. The molecule has 0 fully saturated rings. The quantitative estimate of drug-likeness (QED) is 0.618. The average molecular weight is 274 g/mol. The molecule has 0 saturated carbocycles. The molecule has 0 aliphatic heterocycles. The minimum atomic E-state index is -1.25. The lowest BCUT2D eigenvalue weighted by atomic mass is 9.97. The summed E-state index contributed by atoms with van der Waals surface area (Å²) in [4.78, 5) is 9.84. The highest BCUT2D eigenvalue weighted by Crippen LogP contribution is 2.29. The first kappa shape index (κ1) is 15.3.